The van der Waals surface area contributed by atoms with E-state index in [2.05, 4.69) is 20.7 Å². The Balaban J connectivity index is 1.56. The molecule has 0 amide bonds. The highest BCUT2D eigenvalue weighted by atomic mass is 32.1. The molecule has 1 aliphatic rings. The van der Waals surface area contributed by atoms with Gasteiger partial charge in [0.1, 0.15) is 22.5 Å². The lowest BCUT2D eigenvalue weighted by atomic mass is 10.1. The van der Waals surface area contributed by atoms with Crippen LogP contribution in [0.3, 0.4) is 0 Å². The summed E-state index contributed by atoms with van der Waals surface area (Å²) in [4.78, 5) is 15.0. The number of pyridine rings is 1. The first-order valence-electron chi connectivity index (χ1n) is 10.2. The summed E-state index contributed by atoms with van der Waals surface area (Å²) in [7, 11) is 0. The normalized spacial score (nSPS) is 19.0. The number of benzene rings is 1. The van der Waals surface area contributed by atoms with E-state index >= 15 is 0 Å². The summed E-state index contributed by atoms with van der Waals surface area (Å²) in [5, 5.41) is 15.7. The molecular formula is C22H18FN7S. The maximum atomic E-state index is 14.2. The first-order valence-corrected chi connectivity index (χ1v) is 11.1. The molecule has 9 heteroatoms. The molecule has 7 nitrogen and oxygen atoms in total. The van der Waals surface area contributed by atoms with E-state index < -0.39 is 6.17 Å². The molecule has 31 heavy (non-hydrogen) atoms. The minimum Gasteiger partial charge on any atom is -0.324 e. The SMILES string of the molecule is Cc1nn2cc(Cc3nc4cnc5ccc(C#N)cc5c4n3[C@H]3CC[C@@H](F)C3)nc2s1. The molecular weight excluding hydrogens is 413 g/mol. The Hall–Kier alpha value is -3.38. The zero-order chi connectivity index (χ0) is 21.1. The van der Waals surface area contributed by atoms with Crippen molar-refractivity contribution >= 4 is 38.2 Å². The number of nitriles is 1. The molecule has 4 aromatic heterocycles. The van der Waals surface area contributed by atoms with Gasteiger partial charge in [-0.25, -0.2) is 18.9 Å². The fourth-order valence-electron chi connectivity index (χ4n) is 4.64. The standard InChI is InChI=1S/C22H18FN7S/c1-12-28-29-11-15(26-22(29)31-12)8-20-27-19-10-25-18-5-2-13(9-24)6-17(18)21(19)30(20)16-4-3-14(23)7-16/h2,5-6,10-11,14,16H,3-4,7-8H2,1H3/t14-,16+/m1/s1. The summed E-state index contributed by atoms with van der Waals surface area (Å²) in [5.74, 6) is 0.841. The third kappa shape index (κ3) is 2.98. The zero-order valence-electron chi connectivity index (χ0n) is 16.8. The summed E-state index contributed by atoms with van der Waals surface area (Å²) in [6.07, 6.45) is 5.21. The van der Waals surface area contributed by atoms with Crippen LogP contribution in [0.1, 0.15) is 47.4 Å². The zero-order valence-corrected chi connectivity index (χ0v) is 17.6. The van der Waals surface area contributed by atoms with Crippen molar-refractivity contribution in [1.82, 2.24) is 29.1 Å². The minimum atomic E-state index is -0.803. The van der Waals surface area contributed by atoms with Gasteiger partial charge in [-0.2, -0.15) is 10.4 Å². The van der Waals surface area contributed by atoms with Crippen LogP contribution in [0.2, 0.25) is 0 Å². The maximum absolute atomic E-state index is 14.2. The smallest absolute Gasteiger partial charge is 0.212 e. The molecule has 0 radical (unpaired) electrons. The average Bonchev–Trinajstić information content (AvgIpc) is 3.50. The Bertz CT molecular complexity index is 1470. The van der Waals surface area contributed by atoms with Gasteiger partial charge < -0.3 is 4.57 Å². The van der Waals surface area contributed by atoms with Gasteiger partial charge in [0, 0.05) is 17.8 Å². The molecule has 5 aromatic rings. The van der Waals surface area contributed by atoms with Gasteiger partial charge >= 0.3 is 0 Å². The van der Waals surface area contributed by atoms with Crippen molar-refractivity contribution in [2.75, 3.05) is 0 Å². The van der Waals surface area contributed by atoms with Crippen molar-refractivity contribution < 1.29 is 4.39 Å². The van der Waals surface area contributed by atoms with E-state index in [4.69, 9.17) is 9.97 Å². The van der Waals surface area contributed by atoms with Gasteiger partial charge in [-0.3, -0.25) is 4.98 Å². The summed E-state index contributed by atoms with van der Waals surface area (Å²) < 4.78 is 18.2. The van der Waals surface area contributed by atoms with Crippen molar-refractivity contribution in [3.8, 4) is 6.07 Å². The van der Waals surface area contributed by atoms with Gasteiger partial charge in [0.2, 0.25) is 4.96 Å². The molecule has 0 spiro atoms. The van der Waals surface area contributed by atoms with Crippen molar-refractivity contribution in [2.24, 2.45) is 0 Å². The Kier molecular flexibility index (Phi) is 4.05. The van der Waals surface area contributed by atoms with Crippen LogP contribution in [0.25, 0.3) is 26.9 Å². The summed E-state index contributed by atoms with van der Waals surface area (Å²) in [6.45, 7) is 1.96. The molecule has 1 saturated carbocycles. The molecule has 0 N–H and O–H groups in total. The van der Waals surface area contributed by atoms with E-state index in [0.29, 0.717) is 24.8 Å². The molecule has 1 fully saturated rings. The van der Waals surface area contributed by atoms with Gasteiger partial charge in [0.25, 0.3) is 0 Å². The lowest BCUT2D eigenvalue weighted by Crippen LogP contribution is -2.11. The largest absolute Gasteiger partial charge is 0.324 e. The monoisotopic (exact) mass is 431 g/mol. The maximum Gasteiger partial charge on any atom is 0.212 e. The van der Waals surface area contributed by atoms with Gasteiger partial charge in [0.15, 0.2) is 0 Å². The number of hydrogen-bond donors (Lipinski definition) is 0. The number of hydrogen-bond acceptors (Lipinski definition) is 6. The van der Waals surface area contributed by atoms with E-state index in [0.717, 1.165) is 49.8 Å². The molecule has 0 bridgehead atoms. The van der Waals surface area contributed by atoms with E-state index in [-0.39, 0.29) is 6.04 Å². The molecule has 0 aliphatic heterocycles. The van der Waals surface area contributed by atoms with Crippen molar-refractivity contribution in [2.45, 2.75) is 44.8 Å². The second-order valence-electron chi connectivity index (χ2n) is 8.06. The quantitative estimate of drug-likeness (QED) is 0.419. The third-order valence-corrected chi connectivity index (χ3v) is 6.80. The number of rotatable bonds is 3. The lowest BCUT2D eigenvalue weighted by Gasteiger charge is -2.17. The van der Waals surface area contributed by atoms with E-state index in [1.807, 2.05) is 25.3 Å². The van der Waals surface area contributed by atoms with Crippen LogP contribution in [0.5, 0.6) is 0 Å². The highest BCUT2D eigenvalue weighted by Crippen LogP contribution is 2.38. The average molecular weight is 432 g/mol. The molecule has 4 heterocycles. The summed E-state index contributed by atoms with van der Waals surface area (Å²) >= 11 is 1.55. The van der Waals surface area contributed by atoms with E-state index in [1.165, 1.54) is 0 Å². The number of nitrogens with zero attached hydrogens (tertiary/aromatic N) is 7. The summed E-state index contributed by atoms with van der Waals surface area (Å²) in [5.41, 5.74) is 3.93. The Morgan fingerprint density at radius 3 is 2.94 bits per heavy atom. The predicted molar refractivity (Wildman–Crippen MR) is 116 cm³/mol. The van der Waals surface area contributed by atoms with Crippen LogP contribution < -0.4 is 0 Å². The minimum absolute atomic E-state index is 0.0236. The molecule has 1 aliphatic carbocycles. The number of aryl methyl sites for hydroxylation is 1. The van der Waals surface area contributed by atoms with Gasteiger partial charge in [-0.1, -0.05) is 11.3 Å². The predicted octanol–water partition coefficient (Wildman–Crippen LogP) is 4.52. The van der Waals surface area contributed by atoms with Crippen LogP contribution in [-0.4, -0.2) is 35.3 Å². The van der Waals surface area contributed by atoms with Crippen LogP contribution in [0.4, 0.5) is 4.39 Å². The number of halogens is 1. The second kappa shape index (κ2) is 6.82. The highest BCUT2D eigenvalue weighted by molar-refractivity contribution is 7.16. The number of aromatic nitrogens is 6. The summed E-state index contributed by atoms with van der Waals surface area (Å²) in [6, 6.07) is 7.71. The third-order valence-electron chi connectivity index (χ3n) is 5.96. The van der Waals surface area contributed by atoms with E-state index in [1.54, 1.807) is 28.1 Å². The van der Waals surface area contributed by atoms with Crippen molar-refractivity contribution in [3.05, 3.63) is 52.7 Å². The topological polar surface area (TPSA) is 84.7 Å². The van der Waals surface area contributed by atoms with Gasteiger partial charge in [0.05, 0.1) is 40.8 Å². The van der Waals surface area contributed by atoms with Gasteiger partial charge in [-0.15, -0.1) is 0 Å². The molecule has 2 atom stereocenters. The number of alkyl halides is 1. The molecule has 6 rings (SSSR count). The van der Waals surface area contributed by atoms with Crippen molar-refractivity contribution in [1.29, 1.82) is 5.26 Å². The fourth-order valence-corrected chi connectivity index (χ4v) is 5.39. The van der Waals surface area contributed by atoms with Crippen LogP contribution in [0.15, 0.2) is 30.6 Å². The Morgan fingerprint density at radius 1 is 1.26 bits per heavy atom. The first-order chi connectivity index (χ1) is 15.1. The molecule has 1 aromatic carbocycles. The second-order valence-corrected chi connectivity index (χ2v) is 9.22. The Labute approximate surface area is 180 Å². The lowest BCUT2D eigenvalue weighted by molar-refractivity contribution is 0.330. The van der Waals surface area contributed by atoms with Crippen LogP contribution in [-0.2, 0) is 6.42 Å². The van der Waals surface area contributed by atoms with Gasteiger partial charge in [-0.05, 0) is 44.4 Å². The first kappa shape index (κ1) is 18.4. The number of imidazole rings is 2. The van der Waals surface area contributed by atoms with Crippen LogP contribution in [0, 0.1) is 18.3 Å². The number of fused-ring (bicyclic) bond motifs is 4. The molecule has 0 unspecified atom stereocenters. The van der Waals surface area contributed by atoms with Crippen LogP contribution >= 0.6 is 11.3 Å². The highest BCUT2D eigenvalue weighted by Gasteiger charge is 2.30. The van der Waals surface area contributed by atoms with E-state index in [9.17, 15) is 9.65 Å². The fraction of sp³-hybridized carbons (Fsp3) is 0.318. The van der Waals surface area contributed by atoms with Crippen molar-refractivity contribution in [3.63, 3.8) is 0 Å². The molecule has 0 saturated heterocycles. The molecule has 154 valence electrons. The Morgan fingerprint density at radius 2 is 2.16 bits per heavy atom.